The highest BCUT2D eigenvalue weighted by molar-refractivity contribution is 8.14. The molecule has 0 fully saturated rings. The van der Waals surface area contributed by atoms with Crippen molar-refractivity contribution in [3.63, 3.8) is 0 Å². The van der Waals surface area contributed by atoms with E-state index in [-0.39, 0.29) is 20.9 Å². The van der Waals surface area contributed by atoms with Crippen LogP contribution in [0.1, 0.15) is 38.8 Å². The predicted octanol–water partition coefficient (Wildman–Crippen LogP) is 5.88. The summed E-state index contributed by atoms with van der Waals surface area (Å²) in [5, 5.41) is 0. The van der Waals surface area contributed by atoms with Gasteiger partial charge in [0.25, 0.3) is 18.1 Å². The predicted molar refractivity (Wildman–Crippen MR) is 110 cm³/mol. The zero-order chi connectivity index (χ0) is 20.7. The smallest absolute Gasteiger partial charge is 0.207 e. The summed E-state index contributed by atoms with van der Waals surface area (Å²) < 4.78 is 47.2. The van der Waals surface area contributed by atoms with Crippen LogP contribution >= 0.6 is 21.4 Å². The van der Waals surface area contributed by atoms with Gasteiger partial charge in [0.1, 0.15) is 0 Å². The van der Waals surface area contributed by atoms with Crippen molar-refractivity contribution >= 4 is 39.5 Å². The van der Waals surface area contributed by atoms with E-state index < -0.39 is 18.1 Å². The van der Waals surface area contributed by atoms with Crippen LogP contribution in [-0.2, 0) is 18.1 Å². The van der Waals surface area contributed by atoms with Gasteiger partial charge in [0.15, 0.2) is 0 Å². The molecule has 2 rings (SSSR count). The molecule has 4 nitrogen and oxygen atoms in total. The summed E-state index contributed by atoms with van der Waals surface area (Å²) in [7, 11) is 2.86. The average Bonchev–Trinajstić information content (AvgIpc) is 2.57. The number of hydrogen-bond acceptors (Lipinski definition) is 4. The molecule has 0 aliphatic rings. The fourth-order valence-electron chi connectivity index (χ4n) is 2.11. The van der Waals surface area contributed by atoms with Gasteiger partial charge in [-0.1, -0.05) is 52.0 Å². The summed E-state index contributed by atoms with van der Waals surface area (Å²) >= 11 is 0. The first-order valence-corrected chi connectivity index (χ1v) is 12.7. The number of aryl methyl sites for hydroxylation is 2. The first-order valence-electron chi connectivity index (χ1n) is 8.11. The second kappa shape index (κ2) is 10.3. The van der Waals surface area contributed by atoms with E-state index in [1.165, 1.54) is 24.3 Å². The molecule has 0 aromatic heterocycles. The van der Waals surface area contributed by atoms with Crippen LogP contribution in [0.2, 0.25) is 0 Å². The lowest BCUT2D eigenvalue weighted by Crippen LogP contribution is -2.00. The van der Waals surface area contributed by atoms with Crippen LogP contribution in [0.15, 0.2) is 46.2 Å². The van der Waals surface area contributed by atoms with Gasteiger partial charge in [-0.3, -0.25) is 0 Å². The molecule has 0 aliphatic heterocycles. The van der Waals surface area contributed by atoms with Crippen LogP contribution in [0.4, 0.5) is 0 Å². The molecule has 0 saturated heterocycles. The van der Waals surface area contributed by atoms with Crippen molar-refractivity contribution in [2.24, 2.45) is 0 Å². The molecule has 0 radical (unpaired) electrons. The third-order valence-electron chi connectivity index (χ3n) is 3.09. The summed E-state index contributed by atoms with van der Waals surface area (Å²) in [5.41, 5.74) is 1.76. The van der Waals surface area contributed by atoms with Crippen molar-refractivity contribution in [1.29, 1.82) is 0 Å². The molecule has 0 aliphatic carbocycles. The Balaban J connectivity index is 0.00000146. The quantitative estimate of drug-likeness (QED) is 0.561. The number of rotatable bonds is 3. The van der Waals surface area contributed by atoms with Crippen molar-refractivity contribution in [1.82, 2.24) is 0 Å². The van der Waals surface area contributed by atoms with Crippen LogP contribution in [0.5, 0.6) is 0 Å². The normalized spacial score (nSPS) is 10.9. The van der Waals surface area contributed by atoms with Crippen molar-refractivity contribution in [3.05, 3.63) is 47.5 Å². The Hall–Kier alpha value is -1.08. The lowest BCUT2D eigenvalue weighted by atomic mass is 10.0. The standard InChI is InChI=1S/C14H12Cl2O4S2.2C2H6/c1-9-3-5-11(13(7-9)21(15,17)18)12-6-4-10(2)8-14(12)22(16,19)20;2*1-2/h3-8H,1-2H3;2*1-2H3. The van der Waals surface area contributed by atoms with Crippen molar-refractivity contribution in [2.75, 3.05) is 0 Å². The first-order chi connectivity index (χ1) is 12.0. The molecule has 0 N–H and O–H groups in total. The lowest BCUT2D eigenvalue weighted by Gasteiger charge is -2.12. The number of benzene rings is 2. The Morgan fingerprint density at radius 1 is 0.615 bits per heavy atom. The minimum absolute atomic E-state index is 0.153. The third kappa shape index (κ3) is 6.58. The maximum Gasteiger partial charge on any atom is 0.261 e. The highest BCUT2D eigenvalue weighted by atomic mass is 35.7. The molecule has 2 aromatic carbocycles. The van der Waals surface area contributed by atoms with Gasteiger partial charge in [-0.25, -0.2) is 16.8 Å². The Bertz CT molecular complexity index is 872. The van der Waals surface area contributed by atoms with E-state index in [9.17, 15) is 16.8 Å². The van der Waals surface area contributed by atoms with E-state index in [1.54, 1.807) is 26.0 Å². The molecule has 0 heterocycles. The SMILES string of the molecule is CC.CC.Cc1ccc(-c2ccc(C)cc2S(=O)(=O)Cl)c(S(=O)(=O)Cl)c1. The van der Waals surface area contributed by atoms with E-state index in [0.29, 0.717) is 11.1 Å². The third-order valence-corrected chi connectivity index (χ3v) is 5.81. The first kappa shape index (κ1) is 24.9. The molecule has 0 unspecified atom stereocenters. The van der Waals surface area contributed by atoms with Gasteiger partial charge in [-0.15, -0.1) is 0 Å². The fraction of sp³-hybridized carbons (Fsp3) is 0.333. The maximum absolute atomic E-state index is 11.8. The molecule has 8 heteroatoms. The van der Waals surface area contributed by atoms with Crippen molar-refractivity contribution < 1.29 is 16.8 Å². The Labute approximate surface area is 166 Å². The van der Waals surface area contributed by atoms with E-state index in [0.717, 1.165) is 0 Å². The maximum atomic E-state index is 11.8. The van der Waals surface area contributed by atoms with Crippen LogP contribution in [0.3, 0.4) is 0 Å². The molecular formula is C18H24Cl2O4S2. The molecule has 146 valence electrons. The van der Waals surface area contributed by atoms with Crippen LogP contribution < -0.4 is 0 Å². The summed E-state index contributed by atoms with van der Waals surface area (Å²) in [4.78, 5) is -0.306. The van der Waals surface area contributed by atoms with Gasteiger partial charge < -0.3 is 0 Å². The van der Waals surface area contributed by atoms with E-state index in [1.807, 2.05) is 27.7 Å². The highest BCUT2D eigenvalue weighted by Gasteiger charge is 2.23. The summed E-state index contributed by atoms with van der Waals surface area (Å²) in [6.07, 6.45) is 0. The fourth-order valence-corrected chi connectivity index (χ4v) is 4.41. The second-order valence-corrected chi connectivity index (χ2v) is 9.94. The van der Waals surface area contributed by atoms with Crippen molar-refractivity contribution in [3.8, 4) is 11.1 Å². The number of halogens is 2. The summed E-state index contributed by atoms with van der Waals surface area (Å²) in [5.74, 6) is 0. The highest BCUT2D eigenvalue weighted by Crippen LogP contribution is 2.36. The molecule has 0 saturated carbocycles. The van der Waals surface area contributed by atoms with E-state index in [2.05, 4.69) is 0 Å². The molecule has 2 aromatic rings. The van der Waals surface area contributed by atoms with Crippen LogP contribution in [0.25, 0.3) is 11.1 Å². The summed E-state index contributed by atoms with van der Waals surface area (Å²) in [6, 6.07) is 9.16. The Morgan fingerprint density at radius 2 is 0.885 bits per heavy atom. The van der Waals surface area contributed by atoms with Crippen LogP contribution in [-0.4, -0.2) is 16.8 Å². The molecule has 26 heavy (non-hydrogen) atoms. The molecular weight excluding hydrogens is 415 g/mol. The Morgan fingerprint density at radius 3 is 1.12 bits per heavy atom. The van der Waals surface area contributed by atoms with Gasteiger partial charge >= 0.3 is 0 Å². The molecule has 0 bridgehead atoms. The van der Waals surface area contributed by atoms with Crippen LogP contribution in [0, 0.1) is 13.8 Å². The minimum Gasteiger partial charge on any atom is -0.207 e. The molecule has 0 amide bonds. The van der Waals surface area contributed by atoms with E-state index in [4.69, 9.17) is 21.4 Å². The van der Waals surface area contributed by atoms with Crippen molar-refractivity contribution in [2.45, 2.75) is 51.3 Å². The number of hydrogen-bond donors (Lipinski definition) is 0. The second-order valence-electron chi connectivity index (χ2n) is 4.87. The zero-order valence-electron chi connectivity index (χ0n) is 15.7. The monoisotopic (exact) mass is 438 g/mol. The Kier molecular flexibility index (Phi) is 9.88. The van der Waals surface area contributed by atoms with Gasteiger partial charge in [-0.05, 0) is 37.1 Å². The van der Waals surface area contributed by atoms with Gasteiger partial charge in [0.05, 0.1) is 9.79 Å². The largest absolute Gasteiger partial charge is 0.261 e. The zero-order valence-corrected chi connectivity index (χ0v) is 18.8. The average molecular weight is 439 g/mol. The summed E-state index contributed by atoms with van der Waals surface area (Å²) in [6.45, 7) is 11.4. The van der Waals surface area contributed by atoms with E-state index >= 15 is 0 Å². The van der Waals surface area contributed by atoms with Gasteiger partial charge in [0.2, 0.25) is 0 Å². The minimum atomic E-state index is -4.04. The van der Waals surface area contributed by atoms with Gasteiger partial charge in [0, 0.05) is 32.5 Å². The lowest BCUT2D eigenvalue weighted by molar-refractivity contribution is 0.607. The molecule has 0 spiro atoms. The topological polar surface area (TPSA) is 68.3 Å². The van der Waals surface area contributed by atoms with Gasteiger partial charge in [-0.2, -0.15) is 0 Å². The molecule has 0 atom stereocenters.